The van der Waals surface area contributed by atoms with Crippen LogP contribution in [0.15, 0.2) is 12.1 Å². The largest absolute Gasteiger partial charge is 0.466 e. The quantitative estimate of drug-likeness (QED) is 0.671. The summed E-state index contributed by atoms with van der Waals surface area (Å²) in [6, 6.07) is 1.28. The summed E-state index contributed by atoms with van der Waals surface area (Å²) in [5.74, 6) is -4.79. The molecule has 0 aliphatic carbocycles. The highest BCUT2D eigenvalue weighted by Crippen LogP contribution is 2.25. The predicted octanol–water partition coefficient (Wildman–Crippen LogP) is 2.52. The molecule has 2 N–H and O–H groups in total. The molecule has 0 radical (unpaired) electrons. The Morgan fingerprint density at radius 3 is 2.53 bits per heavy atom. The first-order chi connectivity index (χ1) is 8.49. The smallest absolute Gasteiger partial charge is 0.306 e. The molecule has 0 fully saturated rings. The van der Waals surface area contributed by atoms with Crippen LogP contribution < -0.4 is 5.73 Å². The van der Waals surface area contributed by atoms with Crippen LogP contribution in [0, 0.1) is 17.5 Å². The Balaban J connectivity index is 0.00000324. The summed E-state index contributed by atoms with van der Waals surface area (Å²) in [5.41, 5.74) is 5.15. The molecule has 1 aromatic carbocycles. The van der Waals surface area contributed by atoms with E-state index in [0.717, 1.165) is 6.07 Å². The van der Waals surface area contributed by atoms with Crippen LogP contribution >= 0.6 is 12.4 Å². The van der Waals surface area contributed by atoms with Gasteiger partial charge in [-0.3, -0.25) is 4.79 Å². The zero-order chi connectivity index (χ0) is 13.7. The molecule has 3 nitrogen and oxygen atoms in total. The van der Waals surface area contributed by atoms with Gasteiger partial charge in [0, 0.05) is 12.0 Å². The highest BCUT2D eigenvalue weighted by molar-refractivity contribution is 5.85. The molecule has 1 aromatic rings. The van der Waals surface area contributed by atoms with Gasteiger partial charge in [0.1, 0.15) is 5.82 Å². The predicted molar refractivity (Wildman–Crippen MR) is 66.6 cm³/mol. The molecule has 0 amide bonds. The maximum atomic E-state index is 13.5. The average Bonchev–Trinajstić information content (AvgIpc) is 2.31. The van der Waals surface area contributed by atoms with E-state index < -0.39 is 29.3 Å². The third-order valence-corrected chi connectivity index (χ3v) is 2.46. The Morgan fingerprint density at radius 2 is 2.00 bits per heavy atom. The summed E-state index contributed by atoms with van der Waals surface area (Å²) in [4.78, 5) is 11.3. The fourth-order valence-electron chi connectivity index (χ4n) is 1.61. The maximum Gasteiger partial charge on any atom is 0.306 e. The zero-order valence-electron chi connectivity index (χ0n) is 10.3. The molecule has 7 heteroatoms. The van der Waals surface area contributed by atoms with Crippen molar-refractivity contribution in [1.82, 2.24) is 0 Å². The van der Waals surface area contributed by atoms with Crippen molar-refractivity contribution in [3.8, 4) is 0 Å². The van der Waals surface area contributed by atoms with Gasteiger partial charge in [0.2, 0.25) is 0 Å². The molecule has 0 heterocycles. The third kappa shape index (κ3) is 4.72. The van der Waals surface area contributed by atoms with Crippen molar-refractivity contribution in [2.24, 2.45) is 5.73 Å². The van der Waals surface area contributed by atoms with Gasteiger partial charge in [-0.25, -0.2) is 13.2 Å². The van der Waals surface area contributed by atoms with Crippen LogP contribution in [0.4, 0.5) is 13.2 Å². The van der Waals surface area contributed by atoms with Gasteiger partial charge < -0.3 is 10.5 Å². The van der Waals surface area contributed by atoms with E-state index in [9.17, 15) is 18.0 Å². The summed E-state index contributed by atoms with van der Waals surface area (Å²) in [7, 11) is 0. The Labute approximate surface area is 115 Å². The van der Waals surface area contributed by atoms with Gasteiger partial charge in [0.15, 0.2) is 11.6 Å². The Bertz CT molecular complexity index is 443. The standard InChI is InChI=1S/C12H14F3NO2.ClH/c1-2-18-11(17)3-7(6-16)9-4-8(13)5-10(14)12(9)15;/h4-5,7H,2-3,6,16H2,1H3;1H. The summed E-state index contributed by atoms with van der Waals surface area (Å²) in [6.45, 7) is 1.69. The molecular formula is C12H15ClF3NO2. The van der Waals surface area contributed by atoms with Gasteiger partial charge in [-0.05, 0) is 25.1 Å². The lowest BCUT2D eigenvalue weighted by Gasteiger charge is -2.15. The van der Waals surface area contributed by atoms with Gasteiger partial charge in [-0.15, -0.1) is 12.4 Å². The minimum Gasteiger partial charge on any atom is -0.466 e. The number of benzene rings is 1. The van der Waals surface area contributed by atoms with E-state index in [4.69, 9.17) is 10.5 Å². The van der Waals surface area contributed by atoms with Gasteiger partial charge in [-0.1, -0.05) is 0 Å². The Hall–Kier alpha value is -1.27. The highest BCUT2D eigenvalue weighted by atomic mass is 35.5. The first-order valence-electron chi connectivity index (χ1n) is 5.49. The molecule has 0 bridgehead atoms. The topological polar surface area (TPSA) is 52.3 Å². The van der Waals surface area contributed by atoms with E-state index in [-0.39, 0.29) is 37.5 Å². The SMILES string of the molecule is CCOC(=O)CC(CN)c1cc(F)cc(F)c1F.Cl. The van der Waals surface area contributed by atoms with Crippen LogP contribution in [0.2, 0.25) is 0 Å². The van der Waals surface area contributed by atoms with Crippen LogP contribution in [0.1, 0.15) is 24.8 Å². The van der Waals surface area contributed by atoms with E-state index in [1.54, 1.807) is 6.92 Å². The van der Waals surface area contributed by atoms with Crippen molar-refractivity contribution in [3.63, 3.8) is 0 Å². The second kappa shape index (κ2) is 8.01. The van der Waals surface area contributed by atoms with Crippen molar-refractivity contribution in [3.05, 3.63) is 35.1 Å². The van der Waals surface area contributed by atoms with Crippen LogP contribution in [0.25, 0.3) is 0 Å². The van der Waals surface area contributed by atoms with Crippen molar-refractivity contribution in [2.75, 3.05) is 13.2 Å². The minimum absolute atomic E-state index is 0. The Kier molecular flexibility index (Phi) is 7.48. The average molecular weight is 298 g/mol. The number of carbonyl (C=O) groups is 1. The van der Waals surface area contributed by atoms with Crippen molar-refractivity contribution >= 4 is 18.4 Å². The van der Waals surface area contributed by atoms with Gasteiger partial charge in [0.25, 0.3) is 0 Å². The lowest BCUT2D eigenvalue weighted by atomic mass is 9.95. The summed E-state index contributed by atoms with van der Waals surface area (Å²) in [5, 5.41) is 0. The summed E-state index contributed by atoms with van der Waals surface area (Å²) < 4.78 is 44.3. The number of hydrogen-bond acceptors (Lipinski definition) is 3. The first kappa shape index (κ1) is 17.7. The van der Waals surface area contributed by atoms with Gasteiger partial charge in [-0.2, -0.15) is 0 Å². The maximum absolute atomic E-state index is 13.5. The summed E-state index contributed by atoms with van der Waals surface area (Å²) >= 11 is 0. The fourth-order valence-corrected chi connectivity index (χ4v) is 1.61. The number of hydrogen-bond donors (Lipinski definition) is 1. The second-order valence-corrected chi connectivity index (χ2v) is 3.73. The molecular weight excluding hydrogens is 283 g/mol. The molecule has 1 unspecified atom stereocenters. The molecule has 19 heavy (non-hydrogen) atoms. The lowest BCUT2D eigenvalue weighted by Crippen LogP contribution is -2.19. The second-order valence-electron chi connectivity index (χ2n) is 3.73. The number of nitrogens with two attached hydrogens (primary N) is 1. The minimum atomic E-state index is -1.30. The molecule has 0 saturated heterocycles. The third-order valence-electron chi connectivity index (χ3n) is 2.46. The number of halogens is 4. The Morgan fingerprint density at radius 1 is 1.37 bits per heavy atom. The molecule has 0 saturated carbocycles. The van der Waals surface area contributed by atoms with E-state index in [1.807, 2.05) is 0 Å². The number of esters is 1. The van der Waals surface area contributed by atoms with E-state index in [2.05, 4.69) is 0 Å². The number of carbonyl (C=O) groups excluding carboxylic acids is 1. The molecule has 1 atom stereocenters. The highest BCUT2D eigenvalue weighted by Gasteiger charge is 2.22. The fraction of sp³-hybridized carbons (Fsp3) is 0.417. The number of rotatable bonds is 5. The van der Waals surface area contributed by atoms with Crippen molar-refractivity contribution in [1.29, 1.82) is 0 Å². The number of ether oxygens (including phenoxy) is 1. The molecule has 1 rings (SSSR count). The van der Waals surface area contributed by atoms with Crippen LogP contribution in [-0.4, -0.2) is 19.1 Å². The zero-order valence-corrected chi connectivity index (χ0v) is 11.1. The summed E-state index contributed by atoms with van der Waals surface area (Å²) in [6.07, 6.45) is -0.218. The van der Waals surface area contributed by atoms with E-state index in [1.165, 1.54) is 0 Å². The van der Waals surface area contributed by atoms with Crippen molar-refractivity contribution in [2.45, 2.75) is 19.3 Å². The van der Waals surface area contributed by atoms with Gasteiger partial charge in [0.05, 0.1) is 13.0 Å². The van der Waals surface area contributed by atoms with Crippen LogP contribution in [0.3, 0.4) is 0 Å². The van der Waals surface area contributed by atoms with Gasteiger partial charge >= 0.3 is 5.97 Å². The van der Waals surface area contributed by atoms with Crippen molar-refractivity contribution < 1.29 is 22.7 Å². The molecule has 0 aliphatic heterocycles. The van der Waals surface area contributed by atoms with E-state index in [0.29, 0.717) is 6.07 Å². The van der Waals surface area contributed by atoms with Crippen LogP contribution in [0.5, 0.6) is 0 Å². The molecule has 0 spiro atoms. The van der Waals surface area contributed by atoms with E-state index >= 15 is 0 Å². The van der Waals surface area contributed by atoms with Crippen LogP contribution in [-0.2, 0) is 9.53 Å². The monoisotopic (exact) mass is 297 g/mol. The molecule has 0 aliphatic rings. The first-order valence-corrected chi connectivity index (χ1v) is 5.49. The molecule has 108 valence electrons. The molecule has 0 aromatic heterocycles. The lowest BCUT2D eigenvalue weighted by molar-refractivity contribution is -0.143. The normalized spacial score (nSPS) is 11.6.